The molecule has 0 spiro atoms. The molecule has 1 aromatic carbocycles. The summed E-state index contributed by atoms with van der Waals surface area (Å²) in [6.45, 7) is 9.09. The Morgan fingerprint density at radius 1 is 1.20 bits per heavy atom. The molecule has 2 N–H and O–H groups in total. The molecule has 1 atom stereocenters. The monoisotopic (exact) mass is 343 g/mol. The summed E-state index contributed by atoms with van der Waals surface area (Å²) >= 11 is 0. The van der Waals surface area contributed by atoms with Crippen LogP contribution in [-0.2, 0) is 4.79 Å². The molecule has 1 amide bonds. The van der Waals surface area contributed by atoms with Gasteiger partial charge in [0.1, 0.15) is 0 Å². The summed E-state index contributed by atoms with van der Waals surface area (Å²) in [5.74, 6) is -1.37. The minimum absolute atomic E-state index is 0.0268. The first-order valence-electron chi connectivity index (χ1n) is 8.25. The number of hydrogen-bond donors (Lipinski definition) is 2. The van der Waals surface area contributed by atoms with Crippen LogP contribution < -0.4 is 5.32 Å². The first-order chi connectivity index (χ1) is 11.6. The molecule has 0 aliphatic rings. The van der Waals surface area contributed by atoms with Gasteiger partial charge in [0.25, 0.3) is 11.7 Å². The molecular formula is C19H25N3O3. The maximum absolute atomic E-state index is 12.5. The number of aliphatic hydroxyl groups is 1. The number of carbonyl (C=O) groups is 2. The normalized spacial score (nSPS) is 12.7. The average molecular weight is 343 g/mol. The Morgan fingerprint density at radius 2 is 1.80 bits per heavy atom. The molecule has 0 fully saturated rings. The van der Waals surface area contributed by atoms with Crippen LogP contribution in [-0.4, -0.2) is 39.2 Å². The quantitative estimate of drug-likeness (QED) is 0.644. The maximum atomic E-state index is 12.5. The van der Waals surface area contributed by atoms with Crippen LogP contribution in [0.1, 0.15) is 42.5 Å². The Morgan fingerprint density at radius 3 is 2.36 bits per heavy atom. The van der Waals surface area contributed by atoms with Gasteiger partial charge in [0.15, 0.2) is 0 Å². The van der Waals surface area contributed by atoms with Gasteiger partial charge in [0.05, 0.1) is 28.7 Å². The number of nitrogens with zero attached hydrogens (tertiary/aromatic N) is 2. The maximum Gasteiger partial charge on any atom is 0.292 e. The number of ketones is 1. The number of para-hydroxylation sites is 1. The number of carbonyl (C=O) groups excluding carboxylic acids is 2. The van der Waals surface area contributed by atoms with E-state index in [0.29, 0.717) is 17.0 Å². The molecule has 2 aromatic rings. The van der Waals surface area contributed by atoms with Gasteiger partial charge in [-0.2, -0.15) is 5.10 Å². The lowest BCUT2D eigenvalue weighted by Crippen LogP contribution is -2.41. The van der Waals surface area contributed by atoms with Crippen molar-refractivity contribution in [1.82, 2.24) is 15.1 Å². The molecule has 6 heteroatoms. The predicted octanol–water partition coefficient (Wildman–Crippen LogP) is 2.20. The van der Waals surface area contributed by atoms with Gasteiger partial charge in [-0.15, -0.1) is 0 Å². The fraction of sp³-hybridized carbons (Fsp3) is 0.421. The van der Waals surface area contributed by atoms with Gasteiger partial charge in [0.2, 0.25) is 0 Å². The largest absolute Gasteiger partial charge is 0.391 e. The van der Waals surface area contributed by atoms with Gasteiger partial charge in [-0.25, -0.2) is 4.68 Å². The first kappa shape index (κ1) is 18.9. The van der Waals surface area contributed by atoms with Crippen molar-refractivity contribution < 1.29 is 14.7 Å². The van der Waals surface area contributed by atoms with E-state index in [1.54, 1.807) is 18.5 Å². The number of benzene rings is 1. The van der Waals surface area contributed by atoms with Crippen molar-refractivity contribution in [2.45, 2.75) is 40.7 Å². The van der Waals surface area contributed by atoms with E-state index < -0.39 is 17.8 Å². The third-order valence-corrected chi connectivity index (χ3v) is 4.18. The van der Waals surface area contributed by atoms with Gasteiger partial charge in [-0.3, -0.25) is 9.59 Å². The molecule has 1 aromatic heterocycles. The van der Waals surface area contributed by atoms with Crippen molar-refractivity contribution >= 4 is 11.7 Å². The van der Waals surface area contributed by atoms with Gasteiger partial charge < -0.3 is 10.4 Å². The van der Waals surface area contributed by atoms with Gasteiger partial charge in [0, 0.05) is 6.54 Å². The molecule has 0 saturated heterocycles. The van der Waals surface area contributed by atoms with Crippen molar-refractivity contribution in [1.29, 1.82) is 0 Å². The van der Waals surface area contributed by atoms with Gasteiger partial charge >= 0.3 is 0 Å². The van der Waals surface area contributed by atoms with E-state index in [1.807, 2.05) is 51.1 Å². The summed E-state index contributed by atoms with van der Waals surface area (Å²) in [6, 6.07) is 9.43. The van der Waals surface area contributed by atoms with Crippen LogP contribution in [0.3, 0.4) is 0 Å². The van der Waals surface area contributed by atoms with Crippen LogP contribution in [0.4, 0.5) is 0 Å². The third kappa shape index (κ3) is 4.14. The lowest BCUT2D eigenvalue weighted by molar-refractivity contribution is -0.117. The zero-order chi connectivity index (χ0) is 18.8. The zero-order valence-electron chi connectivity index (χ0n) is 15.3. The zero-order valence-corrected chi connectivity index (χ0v) is 15.3. The minimum atomic E-state index is -0.738. The molecule has 0 radical (unpaired) electrons. The Kier molecular flexibility index (Phi) is 5.42. The Hall–Kier alpha value is -2.47. The van der Waals surface area contributed by atoms with E-state index in [0.717, 1.165) is 5.69 Å². The highest BCUT2D eigenvalue weighted by atomic mass is 16.3. The molecule has 6 nitrogen and oxygen atoms in total. The van der Waals surface area contributed by atoms with Crippen LogP contribution in [0.25, 0.3) is 5.69 Å². The lowest BCUT2D eigenvalue weighted by atomic mass is 9.89. The summed E-state index contributed by atoms with van der Waals surface area (Å²) in [5, 5.41) is 16.9. The summed E-state index contributed by atoms with van der Waals surface area (Å²) in [6.07, 6.45) is -0.738. The molecule has 0 aliphatic carbocycles. The third-order valence-electron chi connectivity index (χ3n) is 4.18. The van der Waals surface area contributed by atoms with E-state index in [9.17, 15) is 14.7 Å². The smallest absolute Gasteiger partial charge is 0.292 e. The van der Waals surface area contributed by atoms with Crippen LogP contribution >= 0.6 is 0 Å². The van der Waals surface area contributed by atoms with Crippen LogP contribution in [0, 0.1) is 19.3 Å². The van der Waals surface area contributed by atoms with Crippen molar-refractivity contribution in [2.75, 3.05) is 6.54 Å². The average Bonchev–Trinajstić information content (AvgIpc) is 2.86. The van der Waals surface area contributed by atoms with Gasteiger partial charge in [-0.05, 0) is 31.4 Å². The van der Waals surface area contributed by atoms with E-state index in [4.69, 9.17) is 0 Å². The molecule has 2 rings (SSSR count). The lowest BCUT2D eigenvalue weighted by Gasteiger charge is -2.25. The van der Waals surface area contributed by atoms with Crippen molar-refractivity contribution in [3.8, 4) is 5.69 Å². The molecule has 1 unspecified atom stereocenters. The van der Waals surface area contributed by atoms with E-state index >= 15 is 0 Å². The highest BCUT2D eigenvalue weighted by Gasteiger charge is 2.27. The predicted molar refractivity (Wildman–Crippen MR) is 95.8 cm³/mol. The fourth-order valence-electron chi connectivity index (χ4n) is 2.48. The molecule has 0 aliphatic heterocycles. The summed E-state index contributed by atoms with van der Waals surface area (Å²) in [4.78, 5) is 24.8. The van der Waals surface area contributed by atoms with Crippen LogP contribution in [0.2, 0.25) is 0 Å². The number of rotatable bonds is 5. The van der Waals surface area contributed by atoms with Crippen molar-refractivity contribution in [3.05, 3.63) is 47.3 Å². The summed E-state index contributed by atoms with van der Waals surface area (Å²) in [5.41, 5.74) is 1.86. The summed E-state index contributed by atoms with van der Waals surface area (Å²) in [7, 11) is 0. The van der Waals surface area contributed by atoms with E-state index in [1.165, 1.54) is 0 Å². The topological polar surface area (TPSA) is 84.2 Å². The fourth-order valence-corrected chi connectivity index (χ4v) is 2.48. The Bertz CT molecular complexity index is 773. The molecule has 25 heavy (non-hydrogen) atoms. The highest BCUT2D eigenvalue weighted by molar-refractivity contribution is 6.43. The Balaban J connectivity index is 2.20. The number of aryl methyl sites for hydroxylation is 1. The van der Waals surface area contributed by atoms with Crippen LogP contribution in [0.15, 0.2) is 30.3 Å². The number of Topliss-reactive ketones (excluding diaryl/α,β-unsaturated/α-hetero) is 1. The standard InChI is InChI=1S/C19H25N3O3/c1-12-16(13(2)22(21-12)14-9-7-6-8-10-14)17(24)18(25)20-11-15(23)19(3,4)5/h6-10,15,23H,11H2,1-5H3,(H,20,25). The molecular weight excluding hydrogens is 318 g/mol. The number of hydrogen-bond acceptors (Lipinski definition) is 4. The number of nitrogens with one attached hydrogen (secondary N) is 1. The second-order valence-corrected chi connectivity index (χ2v) is 7.21. The second kappa shape index (κ2) is 7.19. The molecule has 0 bridgehead atoms. The van der Waals surface area contributed by atoms with Crippen molar-refractivity contribution in [3.63, 3.8) is 0 Å². The SMILES string of the molecule is Cc1nn(-c2ccccc2)c(C)c1C(=O)C(=O)NCC(O)C(C)(C)C. The number of amides is 1. The molecule has 1 heterocycles. The minimum Gasteiger partial charge on any atom is -0.391 e. The second-order valence-electron chi connectivity index (χ2n) is 7.21. The van der Waals surface area contributed by atoms with Crippen LogP contribution in [0.5, 0.6) is 0 Å². The van der Waals surface area contributed by atoms with E-state index in [2.05, 4.69) is 10.4 Å². The first-order valence-corrected chi connectivity index (χ1v) is 8.25. The summed E-state index contributed by atoms with van der Waals surface area (Å²) < 4.78 is 1.65. The molecule has 0 saturated carbocycles. The van der Waals surface area contributed by atoms with E-state index in [-0.39, 0.29) is 12.0 Å². The number of aliphatic hydroxyl groups excluding tert-OH is 1. The van der Waals surface area contributed by atoms with Gasteiger partial charge in [-0.1, -0.05) is 39.0 Å². The highest BCUT2D eigenvalue weighted by Crippen LogP contribution is 2.20. The number of aromatic nitrogens is 2. The van der Waals surface area contributed by atoms with Crippen molar-refractivity contribution in [2.24, 2.45) is 5.41 Å². The Labute approximate surface area is 147 Å². The molecule has 134 valence electrons.